The highest BCUT2D eigenvalue weighted by Gasteiger charge is 2.24. The van der Waals surface area contributed by atoms with Crippen LogP contribution in [0.2, 0.25) is 0 Å². The van der Waals surface area contributed by atoms with Crippen LogP contribution in [0.5, 0.6) is 5.88 Å². The zero-order valence-electron chi connectivity index (χ0n) is 15.1. The van der Waals surface area contributed by atoms with Crippen LogP contribution in [0.25, 0.3) is 10.9 Å². The van der Waals surface area contributed by atoms with Crippen molar-refractivity contribution >= 4 is 16.7 Å². The van der Waals surface area contributed by atoms with E-state index in [0.717, 1.165) is 28.2 Å². The lowest BCUT2D eigenvalue weighted by atomic mass is 10.2. The van der Waals surface area contributed by atoms with Crippen molar-refractivity contribution < 1.29 is 4.74 Å². The second-order valence-corrected chi connectivity index (χ2v) is 4.83. The lowest BCUT2D eigenvalue weighted by Gasteiger charge is -2.23. The standard InChI is InChI=1S/C13H16N4O.2C2H6/c1-7-5-10-11-12(16-9(3)15-10)17(4)8(2)6-18-13(11)14-7;2*1-2/h5,8H,6H2,1-4H3;2*1-2H3. The van der Waals surface area contributed by atoms with Gasteiger partial charge in [0, 0.05) is 12.7 Å². The number of anilines is 1. The number of hydrogen-bond donors (Lipinski definition) is 0. The molecule has 0 radical (unpaired) electrons. The van der Waals surface area contributed by atoms with E-state index in [-0.39, 0.29) is 6.04 Å². The van der Waals surface area contributed by atoms with E-state index >= 15 is 0 Å². The van der Waals surface area contributed by atoms with Gasteiger partial charge in [-0.25, -0.2) is 15.0 Å². The molecule has 22 heavy (non-hydrogen) atoms. The van der Waals surface area contributed by atoms with Gasteiger partial charge in [0.1, 0.15) is 23.6 Å². The van der Waals surface area contributed by atoms with Crippen molar-refractivity contribution in [2.45, 2.75) is 54.5 Å². The lowest BCUT2D eigenvalue weighted by Crippen LogP contribution is -2.33. The molecule has 0 N–H and O–H groups in total. The first-order valence-corrected chi connectivity index (χ1v) is 8.08. The molecule has 0 saturated carbocycles. The molecule has 5 nitrogen and oxygen atoms in total. The van der Waals surface area contributed by atoms with Gasteiger partial charge in [-0.15, -0.1) is 0 Å². The van der Waals surface area contributed by atoms with Gasteiger partial charge in [-0.3, -0.25) is 0 Å². The van der Waals surface area contributed by atoms with Crippen molar-refractivity contribution in [2.75, 3.05) is 18.6 Å². The lowest BCUT2D eigenvalue weighted by molar-refractivity contribution is 0.289. The van der Waals surface area contributed by atoms with Gasteiger partial charge >= 0.3 is 0 Å². The molecule has 0 aliphatic carbocycles. The molecule has 122 valence electrons. The van der Waals surface area contributed by atoms with Crippen LogP contribution in [0.1, 0.15) is 46.1 Å². The Balaban J connectivity index is 0.000000561. The maximum absolute atomic E-state index is 5.79. The Morgan fingerprint density at radius 2 is 1.73 bits per heavy atom. The van der Waals surface area contributed by atoms with E-state index in [1.54, 1.807) is 0 Å². The molecule has 1 unspecified atom stereocenters. The smallest absolute Gasteiger partial charge is 0.227 e. The molecule has 0 fully saturated rings. The number of aromatic nitrogens is 3. The van der Waals surface area contributed by atoms with Gasteiger partial charge in [-0.2, -0.15) is 0 Å². The van der Waals surface area contributed by atoms with E-state index in [0.29, 0.717) is 12.5 Å². The van der Waals surface area contributed by atoms with Gasteiger partial charge < -0.3 is 9.64 Å². The Morgan fingerprint density at radius 3 is 2.36 bits per heavy atom. The normalized spacial score (nSPS) is 15.8. The second kappa shape index (κ2) is 7.92. The second-order valence-electron chi connectivity index (χ2n) is 4.83. The van der Waals surface area contributed by atoms with Crippen molar-refractivity contribution in [2.24, 2.45) is 0 Å². The predicted molar refractivity (Wildman–Crippen MR) is 92.9 cm³/mol. The largest absolute Gasteiger partial charge is 0.475 e. The molecule has 1 atom stereocenters. The number of hydrogen-bond acceptors (Lipinski definition) is 5. The summed E-state index contributed by atoms with van der Waals surface area (Å²) in [4.78, 5) is 15.6. The molecule has 0 aromatic carbocycles. The molecule has 0 saturated heterocycles. The number of ether oxygens (including phenoxy) is 1. The third-order valence-corrected chi connectivity index (χ3v) is 3.32. The van der Waals surface area contributed by atoms with Gasteiger partial charge in [0.2, 0.25) is 5.88 Å². The summed E-state index contributed by atoms with van der Waals surface area (Å²) >= 11 is 0. The fourth-order valence-corrected chi connectivity index (χ4v) is 2.21. The highest BCUT2D eigenvalue weighted by Crippen LogP contribution is 2.34. The van der Waals surface area contributed by atoms with Crippen molar-refractivity contribution in [1.82, 2.24) is 15.0 Å². The molecule has 0 amide bonds. The molecule has 3 rings (SSSR count). The summed E-state index contributed by atoms with van der Waals surface area (Å²) in [7, 11) is 2.03. The molecule has 5 heteroatoms. The number of rotatable bonds is 0. The van der Waals surface area contributed by atoms with E-state index in [9.17, 15) is 0 Å². The average molecular weight is 304 g/mol. The van der Waals surface area contributed by atoms with Crippen LogP contribution in [0, 0.1) is 13.8 Å². The predicted octanol–water partition coefficient (Wildman–Crippen LogP) is 3.91. The minimum absolute atomic E-state index is 0.261. The topological polar surface area (TPSA) is 51.1 Å². The van der Waals surface area contributed by atoms with Gasteiger partial charge in [0.05, 0.1) is 11.6 Å². The monoisotopic (exact) mass is 304 g/mol. The Hall–Kier alpha value is -1.91. The first kappa shape index (κ1) is 18.1. The summed E-state index contributed by atoms with van der Waals surface area (Å²) in [6.07, 6.45) is 0. The minimum Gasteiger partial charge on any atom is -0.475 e. The highest BCUT2D eigenvalue weighted by atomic mass is 16.5. The molecule has 0 spiro atoms. The van der Waals surface area contributed by atoms with E-state index < -0.39 is 0 Å². The maximum Gasteiger partial charge on any atom is 0.227 e. The average Bonchev–Trinajstić information content (AvgIpc) is 2.64. The van der Waals surface area contributed by atoms with Gasteiger partial charge in [0.25, 0.3) is 0 Å². The summed E-state index contributed by atoms with van der Waals surface area (Å²) < 4.78 is 5.79. The summed E-state index contributed by atoms with van der Waals surface area (Å²) in [6, 6.07) is 2.24. The van der Waals surface area contributed by atoms with E-state index in [4.69, 9.17) is 4.74 Å². The van der Waals surface area contributed by atoms with Crippen LogP contribution in [0.4, 0.5) is 5.82 Å². The Bertz CT molecular complexity index is 622. The van der Waals surface area contributed by atoms with Crippen molar-refractivity contribution in [1.29, 1.82) is 0 Å². The van der Waals surface area contributed by atoms with Crippen LogP contribution in [0.3, 0.4) is 0 Å². The fraction of sp³-hybridized carbons (Fsp3) is 0.588. The van der Waals surface area contributed by atoms with Crippen LogP contribution in [0.15, 0.2) is 6.07 Å². The van der Waals surface area contributed by atoms with Gasteiger partial charge in [-0.1, -0.05) is 27.7 Å². The van der Waals surface area contributed by atoms with Crippen LogP contribution in [-0.4, -0.2) is 34.6 Å². The first-order chi connectivity index (χ1) is 10.6. The number of pyridine rings is 1. The highest BCUT2D eigenvalue weighted by molar-refractivity contribution is 5.94. The van der Waals surface area contributed by atoms with Crippen molar-refractivity contribution in [3.8, 4) is 5.88 Å². The summed E-state index contributed by atoms with van der Waals surface area (Å²) in [5, 5.41) is 0.915. The van der Waals surface area contributed by atoms with E-state index in [1.807, 2.05) is 54.7 Å². The van der Waals surface area contributed by atoms with Gasteiger partial charge in [0.15, 0.2) is 0 Å². The molecule has 1 aliphatic heterocycles. The molecule has 1 aliphatic rings. The molecule has 3 heterocycles. The molecule has 2 aromatic heterocycles. The van der Waals surface area contributed by atoms with Crippen LogP contribution >= 0.6 is 0 Å². The first-order valence-electron chi connectivity index (χ1n) is 8.08. The summed E-state index contributed by atoms with van der Waals surface area (Å²) in [6.45, 7) is 14.6. The third-order valence-electron chi connectivity index (χ3n) is 3.32. The number of nitrogens with zero attached hydrogens (tertiary/aromatic N) is 4. The SMILES string of the molecule is CC.CC.Cc1cc2nc(C)nc3c2c(n1)OCC(C)N3C. The summed E-state index contributed by atoms with van der Waals surface area (Å²) in [5.41, 5.74) is 1.82. The Labute approximate surface area is 133 Å². The van der Waals surface area contributed by atoms with Crippen molar-refractivity contribution in [3.63, 3.8) is 0 Å². The van der Waals surface area contributed by atoms with Crippen molar-refractivity contribution in [3.05, 3.63) is 17.6 Å². The molecular weight excluding hydrogens is 276 g/mol. The zero-order chi connectivity index (χ0) is 16.9. The molecule has 2 aromatic rings. The maximum atomic E-state index is 5.79. The Kier molecular flexibility index (Phi) is 6.53. The van der Waals surface area contributed by atoms with Gasteiger partial charge in [-0.05, 0) is 26.8 Å². The quantitative estimate of drug-likeness (QED) is 0.738. The van der Waals surface area contributed by atoms with E-state index in [1.165, 1.54) is 0 Å². The molecule has 0 bridgehead atoms. The van der Waals surface area contributed by atoms with Crippen LogP contribution in [-0.2, 0) is 0 Å². The minimum atomic E-state index is 0.261. The van der Waals surface area contributed by atoms with Crippen LogP contribution < -0.4 is 9.64 Å². The summed E-state index contributed by atoms with van der Waals surface area (Å²) in [5.74, 6) is 2.33. The third kappa shape index (κ3) is 3.46. The zero-order valence-corrected chi connectivity index (χ0v) is 15.1. The number of aryl methyl sites for hydroxylation is 2. The Morgan fingerprint density at radius 1 is 1.09 bits per heavy atom. The number of likely N-dealkylation sites (N-methyl/N-ethyl adjacent to an activating group) is 1. The van der Waals surface area contributed by atoms with E-state index in [2.05, 4.69) is 26.8 Å². The fourth-order valence-electron chi connectivity index (χ4n) is 2.21. The molecular formula is C17H28N4O.